The summed E-state index contributed by atoms with van der Waals surface area (Å²) in [4.78, 5) is 13.6. The largest absolute Gasteiger partial charge is 0.480 e. The van der Waals surface area contributed by atoms with Gasteiger partial charge in [-0.15, -0.1) is 0 Å². The molecule has 0 aromatic heterocycles. The molecule has 0 fully saturated rings. The first kappa shape index (κ1) is 14.0. The first-order chi connectivity index (χ1) is 9.17. The Bertz CT molecular complexity index is 447. The summed E-state index contributed by atoms with van der Waals surface area (Å²) in [5.41, 5.74) is 2.38. The number of carboxylic acid groups (broad SMARTS) is 1. The smallest absolute Gasteiger partial charge is 0.321 e. The zero-order chi connectivity index (χ0) is 13.8. The summed E-state index contributed by atoms with van der Waals surface area (Å²) in [5.74, 6) is -0.746. The van der Waals surface area contributed by atoms with E-state index >= 15 is 0 Å². The van der Waals surface area contributed by atoms with Crippen LogP contribution in [0.5, 0.6) is 0 Å². The molecule has 0 saturated heterocycles. The van der Waals surface area contributed by atoms with Crippen LogP contribution in [0.25, 0.3) is 0 Å². The zero-order valence-corrected chi connectivity index (χ0v) is 11.5. The Kier molecular flexibility index (Phi) is 4.56. The third kappa shape index (κ3) is 2.96. The van der Waals surface area contributed by atoms with Crippen molar-refractivity contribution in [3.05, 3.63) is 35.4 Å². The number of carboxylic acids is 1. The predicted octanol–water partition coefficient (Wildman–Crippen LogP) is 1.92. The van der Waals surface area contributed by atoms with Crippen LogP contribution in [-0.4, -0.2) is 41.8 Å². The van der Waals surface area contributed by atoms with Crippen molar-refractivity contribution in [3.63, 3.8) is 0 Å². The summed E-state index contributed by atoms with van der Waals surface area (Å²) in [7, 11) is 1.66. The molecule has 0 bridgehead atoms. The van der Waals surface area contributed by atoms with Gasteiger partial charge in [-0.25, -0.2) is 0 Å². The minimum Gasteiger partial charge on any atom is -0.480 e. The number of rotatable bonds is 5. The van der Waals surface area contributed by atoms with Gasteiger partial charge in [0.1, 0.15) is 6.04 Å². The summed E-state index contributed by atoms with van der Waals surface area (Å²) < 4.78 is 5.23. The Morgan fingerprint density at radius 1 is 1.47 bits per heavy atom. The van der Waals surface area contributed by atoms with Crippen molar-refractivity contribution in [2.75, 3.05) is 13.7 Å². The van der Waals surface area contributed by atoms with Crippen LogP contribution in [0.3, 0.4) is 0 Å². The van der Waals surface area contributed by atoms with E-state index in [9.17, 15) is 9.90 Å². The third-order valence-corrected chi connectivity index (χ3v) is 3.87. The topological polar surface area (TPSA) is 49.8 Å². The summed E-state index contributed by atoms with van der Waals surface area (Å²) in [5, 5.41) is 9.46. The minimum atomic E-state index is -0.746. The summed E-state index contributed by atoms with van der Waals surface area (Å²) in [6.07, 6.45) is 1.46. The average molecular weight is 263 g/mol. The van der Waals surface area contributed by atoms with E-state index in [-0.39, 0.29) is 6.04 Å². The van der Waals surface area contributed by atoms with Gasteiger partial charge in [-0.05, 0) is 24.0 Å². The predicted molar refractivity (Wildman–Crippen MR) is 73.1 cm³/mol. The van der Waals surface area contributed by atoms with E-state index < -0.39 is 12.0 Å². The van der Waals surface area contributed by atoms with Gasteiger partial charge < -0.3 is 9.84 Å². The van der Waals surface area contributed by atoms with E-state index in [2.05, 4.69) is 17.9 Å². The highest BCUT2D eigenvalue weighted by Gasteiger charge is 2.34. The van der Waals surface area contributed by atoms with Gasteiger partial charge in [0.2, 0.25) is 0 Å². The zero-order valence-electron chi connectivity index (χ0n) is 11.5. The second kappa shape index (κ2) is 6.17. The number of hydrogen-bond acceptors (Lipinski definition) is 3. The lowest BCUT2D eigenvalue weighted by molar-refractivity contribution is -0.145. The van der Waals surface area contributed by atoms with Crippen LogP contribution in [0.2, 0.25) is 0 Å². The highest BCUT2D eigenvalue weighted by molar-refractivity contribution is 5.74. The fourth-order valence-corrected chi connectivity index (χ4v) is 2.80. The van der Waals surface area contributed by atoms with E-state index in [0.29, 0.717) is 19.6 Å². The quantitative estimate of drug-likeness (QED) is 0.882. The summed E-state index contributed by atoms with van der Waals surface area (Å²) in [6.45, 7) is 3.33. The van der Waals surface area contributed by atoms with Crippen molar-refractivity contribution in [1.82, 2.24) is 4.90 Å². The standard InChI is InChI=1S/C15H21NO3/c1-3-13(10-19-2)16-9-12-7-5-4-6-11(12)8-14(16)15(17)18/h4-7,13-14H,3,8-10H2,1-2H3,(H,17,18). The highest BCUT2D eigenvalue weighted by atomic mass is 16.5. The molecule has 2 rings (SSSR count). The lowest BCUT2D eigenvalue weighted by Crippen LogP contribution is -2.51. The van der Waals surface area contributed by atoms with E-state index in [1.807, 2.05) is 18.2 Å². The molecule has 1 aliphatic rings. The molecule has 0 amide bonds. The average Bonchev–Trinajstić information content (AvgIpc) is 2.43. The molecule has 0 radical (unpaired) electrons. The number of aliphatic carboxylic acids is 1. The number of carbonyl (C=O) groups is 1. The van der Waals surface area contributed by atoms with Gasteiger partial charge in [0.25, 0.3) is 0 Å². The van der Waals surface area contributed by atoms with Gasteiger partial charge in [0, 0.05) is 19.7 Å². The van der Waals surface area contributed by atoms with Gasteiger partial charge in [0.15, 0.2) is 0 Å². The highest BCUT2D eigenvalue weighted by Crippen LogP contribution is 2.26. The molecule has 4 nitrogen and oxygen atoms in total. The summed E-state index contributed by atoms with van der Waals surface area (Å²) in [6, 6.07) is 7.80. The number of benzene rings is 1. The number of fused-ring (bicyclic) bond motifs is 1. The molecule has 2 atom stereocenters. The van der Waals surface area contributed by atoms with Crippen molar-refractivity contribution in [2.24, 2.45) is 0 Å². The second-order valence-electron chi connectivity index (χ2n) is 5.02. The van der Waals surface area contributed by atoms with Crippen LogP contribution in [-0.2, 0) is 22.5 Å². The SMILES string of the molecule is CCC(COC)N1Cc2ccccc2CC1C(=O)O. The second-order valence-corrected chi connectivity index (χ2v) is 5.02. The molecule has 1 aromatic carbocycles. The molecule has 1 heterocycles. The van der Waals surface area contributed by atoms with Gasteiger partial charge in [-0.2, -0.15) is 0 Å². The van der Waals surface area contributed by atoms with Crippen LogP contribution in [0, 0.1) is 0 Å². The molecule has 1 aliphatic heterocycles. The maximum Gasteiger partial charge on any atom is 0.321 e. The van der Waals surface area contributed by atoms with Crippen molar-refractivity contribution in [3.8, 4) is 0 Å². The van der Waals surface area contributed by atoms with E-state index in [4.69, 9.17) is 4.74 Å². The van der Waals surface area contributed by atoms with E-state index in [1.165, 1.54) is 5.56 Å². The Labute approximate surface area is 114 Å². The monoisotopic (exact) mass is 263 g/mol. The molecule has 19 heavy (non-hydrogen) atoms. The van der Waals surface area contributed by atoms with Gasteiger partial charge in [-0.3, -0.25) is 9.69 Å². The van der Waals surface area contributed by atoms with Crippen molar-refractivity contribution >= 4 is 5.97 Å². The molecule has 104 valence electrons. The number of hydrogen-bond donors (Lipinski definition) is 1. The van der Waals surface area contributed by atoms with Gasteiger partial charge >= 0.3 is 5.97 Å². The Hall–Kier alpha value is -1.39. The molecule has 1 N–H and O–H groups in total. The van der Waals surface area contributed by atoms with Crippen LogP contribution in [0.15, 0.2) is 24.3 Å². The fraction of sp³-hybridized carbons (Fsp3) is 0.533. The van der Waals surface area contributed by atoms with Crippen LogP contribution >= 0.6 is 0 Å². The number of nitrogens with zero attached hydrogens (tertiary/aromatic N) is 1. The summed E-state index contributed by atoms with van der Waals surface area (Å²) >= 11 is 0. The van der Waals surface area contributed by atoms with Crippen molar-refractivity contribution in [2.45, 2.75) is 38.4 Å². The number of ether oxygens (including phenoxy) is 1. The normalized spacial score (nSPS) is 20.8. The molecule has 0 saturated carbocycles. The molecule has 2 unspecified atom stereocenters. The molecule has 0 spiro atoms. The van der Waals surface area contributed by atoms with E-state index in [0.717, 1.165) is 12.0 Å². The van der Waals surface area contributed by atoms with Gasteiger partial charge in [0.05, 0.1) is 6.61 Å². The van der Waals surface area contributed by atoms with Crippen LogP contribution < -0.4 is 0 Å². The maximum absolute atomic E-state index is 11.5. The Balaban J connectivity index is 2.28. The fourth-order valence-electron chi connectivity index (χ4n) is 2.80. The van der Waals surface area contributed by atoms with E-state index in [1.54, 1.807) is 7.11 Å². The van der Waals surface area contributed by atoms with Gasteiger partial charge in [-0.1, -0.05) is 31.2 Å². The first-order valence-corrected chi connectivity index (χ1v) is 6.71. The Morgan fingerprint density at radius 2 is 2.16 bits per heavy atom. The van der Waals surface area contributed by atoms with Crippen molar-refractivity contribution in [1.29, 1.82) is 0 Å². The molecular formula is C15H21NO3. The first-order valence-electron chi connectivity index (χ1n) is 6.71. The van der Waals surface area contributed by atoms with Crippen LogP contribution in [0.1, 0.15) is 24.5 Å². The van der Waals surface area contributed by atoms with Crippen molar-refractivity contribution < 1.29 is 14.6 Å². The minimum absolute atomic E-state index is 0.152. The maximum atomic E-state index is 11.5. The number of methoxy groups -OCH3 is 1. The third-order valence-electron chi connectivity index (χ3n) is 3.87. The van der Waals surface area contributed by atoms with Crippen LogP contribution in [0.4, 0.5) is 0 Å². The molecule has 1 aromatic rings. The lowest BCUT2D eigenvalue weighted by Gasteiger charge is -2.39. The molecular weight excluding hydrogens is 242 g/mol. The lowest BCUT2D eigenvalue weighted by atomic mass is 9.92. The molecule has 0 aliphatic carbocycles. The Morgan fingerprint density at radius 3 is 2.74 bits per heavy atom. The molecule has 4 heteroatoms.